The Bertz CT molecular complexity index is 887. The average molecular weight is 378 g/mol. The Hall–Kier alpha value is -2.89. The lowest BCUT2D eigenvalue weighted by atomic mass is 9.99. The number of para-hydroxylation sites is 1. The Labute approximate surface area is 153 Å². The van der Waals surface area contributed by atoms with Crippen molar-refractivity contribution < 1.29 is 26.7 Å². The highest BCUT2D eigenvalue weighted by molar-refractivity contribution is 5.38. The molecule has 3 aromatic rings. The normalized spacial score (nSPS) is 11.6. The van der Waals surface area contributed by atoms with Crippen LogP contribution in [0.4, 0.5) is 22.0 Å². The fraction of sp³-hybridized carbons (Fsp3) is 0.143. The molecule has 0 aliphatic heterocycles. The van der Waals surface area contributed by atoms with Crippen LogP contribution in [0.1, 0.15) is 28.7 Å². The Morgan fingerprint density at radius 2 is 1.37 bits per heavy atom. The molecule has 0 aromatic heterocycles. The molecule has 0 aliphatic rings. The van der Waals surface area contributed by atoms with Gasteiger partial charge >= 0.3 is 6.18 Å². The van der Waals surface area contributed by atoms with E-state index >= 15 is 0 Å². The minimum absolute atomic E-state index is 0.106. The summed E-state index contributed by atoms with van der Waals surface area (Å²) < 4.78 is 70.4. The number of hydrogen-bond donors (Lipinski definition) is 0. The molecule has 0 spiro atoms. The van der Waals surface area contributed by atoms with Gasteiger partial charge in [0.15, 0.2) is 0 Å². The van der Waals surface area contributed by atoms with E-state index in [2.05, 4.69) is 0 Å². The molecule has 0 unspecified atom stereocenters. The van der Waals surface area contributed by atoms with Gasteiger partial charge < -0.3 is 4.74 Å². The van der Waals surface area contributed by atoms with E-state index in [4.69, 9.17) is 4.74 Å². The minimum atomic E-state index is -4.67. The third-order valence-electron chi connectivity index (χ3n) is 3.90. The Morgan fingerprint density at radius 1 is 0.741 bits per heavy atom. The first-order valence-corrected chi connectivity index (χ1v) is 8.12. The predicted octanol–water partition coefficient (Wildman–Crippen LogP) is 7.03. The average Bonchev–Trinajstić information content (AvgIpc) is 2.63. The summed E-state index contributed by atoms with van der Waals surface area (Å²) in [5.41, 5.74) is -0.838. The van der Waals surface area contributed by atoms with E-state index in [0.717, 1.165) is 12.1 Å². The number of halogens is 5. The number of hydrogen-bond acceptors (Lipinski definition) is 1. The van der Waals surface area contributed by atoms with Crippen LogP contribution in [0.5, 0.6) is 11.5 Å². The first kappa shape index (κ1) is 18.9. The molecule has 1 nitrogen and oxygen atoms in total. The monoisotopic (exact) mass is 378 g/mol. The lowest BCUT2D eigenvalue weighted by Crippen LogP contribution is -2.07. The lowest BCUT2D eigenvalue weighted by Gasteiger charge is -2.12. The Morgan fingerprint density at radius 3 is 1.96 bits per heavy atom. The molecule has 0 radical (unpaired) electrons. The van der Waals surface area contributed by atoms with E-state index in [1.54, 1.807) is 36.4 Å². The summed E-state index contributed by atoms with van der Waals surface area (Å²) in [4.78, 5) is 0. The van der Waals surface area contributed by atoms with Crippen molar-refractivity contribution in [1.82, 2.24) is 0 Å². The molecule has 27 heavy (non-hydrogen) atoms. The van der Waals surface area contributed by atoms with Gasteiger partial charge in [-0.3, -0.25) is 0 Å². The van der Waals surface area contributed by atoms with Crippen LogP contribution in [0.2, 0.25) is 0 Å². The first-order chi connectivity index (χ1) is 12.8. The van der Waals surface area contributed by atoms with Gasteiger partial charge in [-0.2, -0.15) is 13.2 Å². The van der Waals surface area contributed by atoms with Crippen molar-refractivity contribution in [3.63, 3.8) is 0 Å². The van der Waals surface area contributed by atoms with Gasteiger partial charge in [0.05, 0.1) is 5.56 Å². The van der Waals surface area contributed by atoms with Gasteiger partial charge in [-0.15, -0.1) is 0 Å². The van der Waals surface area contributed by atoms with Crippen LogP contribution in [0.3, 0.4) is 0 Å². The highest BCUT2D eigenvalue weighted by Crippen LogP contribution is 2.33. The Kier molecular flexibility index (Phi) is 5.44. The van der Waals surface area contributed by atoms with Crippen LogP contribution in [-0.4, -0.2) is 0 Å². The zero-order chi connectivity index (χ0) is 19.4. The largest absolute Gasteiger partial charge is 0.457 e. The number of alkyl halides is 5. The van der Waals surface area contributed by atoms with E-state index in [0.29, 0.717) is 23.1 Å². The molecule has 0 heterocycles. The topological polar surface area (TPSA) is 9.23 Å². The summed E-state index contributed by atoms with van der Waals surface area (Å²) in [6.07, 6.45) is -7.53. The van der Waals surface area contributed by atoms with Crippen LogP contribution in [0.25, 0.3) is 0 Å². The second-order valence-corrected chi connectivity index (χ2v) is 6.00. The maximum atomic E-state index is 12.9. The molecule has 0 aliphatic carbocycles. The van der Waals surface area contributed by atoms with Gasteiger partial charge in [-0.25, -0.2) is 8.78 Å². The summed E-state index contributed by atoms with van der Waals surface area (Å²) in [7, 11) is 0. The summed E-state index contributed by atoms with van der Waals surface area (Å²) in [6, 6.07) is 18.4. The second kappa shape index (κ2) is 7.78. The van der Waals surface area contributed by atoms with E-state index in [1.165, 1.54) is 0 Å². The van der Waals surface area contributed by atoms with E-state index in [-0.39, 0.29) is 12.0 Å². The van der Waals surface area contributed by atoms with Gasteiger partial charge in [0, 0.05) is 5.56 Å². The van der Waals surface area contributed by atoms with Crippen LogP contribution in [-0.2, 0) is 12.6 Å². The molecule has 0 atom stereocenters. The second-order valence-electron chi connectivity index (χ2n) is 6.00. The van der Waals surface area contributed by atoms with Crippen molar-refractivity contribution in [3.05, 3.63) is 95.1 Å². The van der Waals surface area contributed by atoms with Crippen molar-refractivity contribution in [2.75, 3.05) is 0 Å². The maximum absolute atomic E-state index is 12.9. The van der Waals surface area contributed by atoms with Crippen molar-refractivity contribution in [2.24, 2.45) is 0 Å². The van der Waals surface area contributed by atoms with E-state index in [9.17, 15) is 22.0 Å². The first-order valence-electron chi connectivity index (χ1n) is 8.12. The molecule has 0 bridgehead atoms. The molecule has 0 N–H and O–H groups in total. The van der Waals surface area contributed by atoms with Gasteiger partial charge in [-0.1, -0.05) is 30.3 Å². The molecule has 6 heteroatoms. The smallest absolute Gasteiger partial charge is 0.416 e. The lowest BCUT2D eigenvalue weighted by molar-refractivity contribution is -0.137. The molecule has 140 valence electrons. The third kappa shape index (κ3) is 5.06. The van der Waals surface area contributed by atoms with Crippen molar-refractivity contribution in [2.45, 2.75) is 19.0 Å². The molecular weight excluding hydrogens is 363 g/mol. The number of ether oxygens (including phenoxy) is 1. The van der Waals surface area contributed by atoms with Crippen molar-refractivity contribution in [1.29, 1.82) is 0 Å². The Balaban J connectivity index is 1.79. The fourth-order valence-corrected chi connectivity index (χ4v) is 2.65. The molecule has 3 rings (SSSR count). The third-order valence-corrected chi connectivity index (χ3v) is 3.90. The molecule has 0 amide bonds. The molecular formula is C21H15F5O. The van der Waals surface area contributed by atoms with Gasteiger partial charge in [0.1, 0.15) is 11.5 Å². The van der Waals surface area contributed by atoms with E-state index in [1.807, 2.05) is 18.2 Å². The molecule has 0 saturated heterocycles. The SMILES string of the molecule is FC(F)c1cc(Cc2ccc(Oc3ccccc3)cc2)cc(C(F)(F)F)c1. The van der Waals surface area contributed by atoms with Crippen LogP contribution < -0.4 is 4.74 Å². The quantitative estimate of drug-likeness (QED) is 0.433. The predicted molar refractivity (Wildman–Crippen MR) is 92.2 cm³/mol. The van der Waals surface area contributed by atoms with E-state index < -0.39 is 23.7 Å². The highest BCUT2D eigenvalue weighted by Gasteiger charge is 2.31. The minimum Gasteiger partial charge on any atom is -0.457 e. The highest BCUT2D eigenvalue weighted by atomic mass is 19.4. The van der Waals surface area contributed by atoms with Crippen LogP contribution in [0, 0.1) is 0 Å². The molecule has 3 aromatic carbocycles. The molecule has 0 saturated carbocycles. The summed E-state index contributed by atoms with van der Waals surface area (Å²) in [6.45, 7) is 0. The van der Waals surface area contributed by atoms with Crippen LogP contribution in [0.15, 0.2) is 72.8 Å². The number of rotatable bonds is 5. The summed E-state index contributed by atoms with van der Waals surface area (Å²) >= 11 is 0. The maximum Gasteiger partial charge on any atom is 0.416 e. The van der Waals surface area contributed by atoms with Gasteiger partial charge in [-0.05, 0) is 60.0 Å². The fourth-order valence-electron chi connectivity index (χ4n) is 2.65. The zero-order valence-electron chi connectivity index (χ0n) is 14.0. The summed E-state index contributed by atoms with van der Waals surface area (Å²) in [5.74, 6) is 1.23. The van der Waals surface area contributed by atoms with Crippen molar-refractivity contribution >= 4 is 0 Å². The molecule has 0 fully saturated rings. The summed E-state index contributed by atoms with van der Waals surface area (Å²) in [5, 5.41) is 0. The van der Waals surface area contributed by atoms with Crippen LogP contribution >= 0.6 is 0 Å². The van der Waals surface area contributed by atoms with Gasteiger partial charge in [0.2, 0.25) is 0 Å². The zero-order valence-corrected chi connectivity index (χ0v) is 14.0. The van der Waals surface area contributed by atoms with Gasteiger partial charge in [0.25, 0.3) is 6.43 Å². The standard InChI is InChI=1S/C21H15F5O/c22-20(23)16-11-15(12-17(13-16)21(24,25)26)10-14-6-8-19(9-7-14)27-18-4-2-1-3-5-18/h1-9,11-13,20H,10H2. The van der Waals surface area contributed by atoms with Crippen molar-refractivity contribution in [3.8, 4) is 11.5 Å². The number of benzene rings is 3.